The first kappa shape index (κ1) is 15.1. The summed E-state index contributed by atoms with van der Waals surface area (Å²) in [5, 5.41) is 6.67. The summed E-state index contributed by atoms with van der Waals surface area (Å²) in [6.45, 7) is 5.71. The predicted octanol–water partition coefficient (Wildman–Crippen LogP) is 2.31. The van der Waals surface area contributed by atoms with Crippen molar-refractivity contribution in [2.45, 2.75) is 33.1 Å². The number of carbonyl (C=O) groups excluding carboxylic acids is 2. The van der Waals surface area contributed by atoms with E-state index in [1.165, 1.54) is 37.3 Å². The number of piperidine rings is 1. The van der Waals surface area contributed by atoms with Gasteiger partial charge in [0.2, 0.25) is 5.91 Å². The van der Waals surface area contributed by atoms with E-state index >= 15 is 0 Å². The normalized spacial score (nSPS) is 20.4. The number of Topliss-reactive ketones (excluding diaryl/α,β-unsaturated/α-hetero) is 1. The van der Waals surface area contributed by atoms with Gasteiger partial charge in [0.25, 0.3) is 0 Å². The molecule has 6 heteroatoms. The Morgan fingerprint density at radius 3 is 3.00 bits per heavy atom. The summed E-state index contributed by atoms with van der Waals surface area (Å²) in [6, 6.07) is 0. The van der Waals surface area contributed by atoms with Crippen LogP contribution in [0.4, 0.5) is 5.13 Å². The Kier molecular flexibility index (Phi) is 5.25. The third-order valence-electron chi connectivity index (χ3n) is 3.75. The summed E-state index contributed by atoms with van der Waals surface area (Å²) >= 11 is 1.23. The molecule has 5 nitrogen and oxygen atoms in total. The number of nitrogens with zero attached hydrogens (tertiary/aromatic N) is 1. The van der Waals surface area contributed by atoms with Crippen molar-refractivity contribution in [1.82, 2.24) is 10.3 Å². The molecule has 2 atom stereocenters. The third kappa shape index (κ3) is 4.11. The number of ketones is 1. The second-order valence-corrected chi connectivity index (χ2v) is 6.45. The monoisotopic (exact) mass is 295 g/mol. The van der Waals surface area contributed by atoms with E-state index in [4.69, 9.17) is 0 Å². The Balaban J connectivity index is 1.83. The van der Waals surface area contributed by atoms with Crippen molar-refractivity contribution in [3.05, 3.63) is 11.1 Å². The summed E-state index contributed by atoms with van der Waals surface area (Å²) in [4.78, 5) is 27.8. The van der Waals surface area contributed by atoms with Crippen LogP contribution in [0.3, 0.4) is 0 Å². The predicted molar refractivity (Wildman–Crippen MR) is 80.1 cm³/mol. The highest BCUT2D eigenvalue weighted by atomic mass is 32.1. The van der Waals surface area contributed by atoms with E-state index in [0.29, 0.717) is 28.3 Å². The van der Waals surface area contributed by atoms with E-state index < -0.39 is 0 Å². The highest BCUT2D eigenvalue weighted by molar-refractivity contribution is 7.17. The lowest BCUT2D eigenvalue weighted by atomic mass is 9.85. The lowest BCUT2D eigenvalue weighted by Gasteiger charge is -2.27. The van der Waals surface area contributed by atoms with E-state index in [1.54, 1.807) is 0 Å². The highest BCUT2D eigenvalue weighted by Gasteiger charge is 2.22. The maximum absolute atomic E-state index is 12.0. The standard InChI is InChI=1S/C14H21N3O2S/c1-9(11-4-3-5-15-7-11)6-13(19)17-14-16-8-12(20-14)10(2)18/h8-9,11,15H,3-7H2,1-2H3,(H,16,17,19). The molecule has 0 radical (unpaired) electrons. The Hall–Kier alpha value is -1.27. The number of thiazole rings is 1. The van der Waals surface area contributed by atoms with Gasteiger partial charge in [-0.2, -0.15) is 0 Å². The maximum Gasteiger partial charge on any atom is 0.226 e. The van der Waals surface area contributed by atoms with Gasteiger partial charge in [-0.15, -0.1) is 0 Å². The number of aromatic nitrogens is 1. The Labute approximate surface area is 123 Å². The Bertz CT molecular complexity index is 481. The van der Waals surface area contributed by atoms with Gasteiger partial charge in [0.05, 0.1) is 11.1 Å². The number of amides is 1. The lowest BCUT2D eigenvalue weighted by molar-refractivity contribution is -0.117. The molecule has 0 bridgehead atoms. The van der Waals surface area contributed by atoms with Crippen LogP contribution in [0.2, 0.25) is 0 Å². The van der Waals surface area contributed by atoms with Crippen LogP contribution in [-0.4, -0.2) is 29.8 Å². The SMILES string of the molecule is CC(=O)c1cnc(NC(=O)CC(C)C2CCCNC2)s1. The number of hydrogen-bond donors (Lipinski definition) is 2. The van der Waals surface area contributed by atoms with Crippen molar-refractivity contribution in [2.24, 2.45) is 11.8 Å². The van der Waals surface area contributed by atoms with Gasteiger partial charge in [0.1, 0.15) is 0 Å². The summed E-state index contributed by atoms with van der Waals surface area (Å²) < 4.78 is 0. The van der Waals surface area contributed by atoms with Crippen molar-refractivity contribution >= 4 is 28.2 Å². The number of carbonyl (C=O) groups is 2. The minimum atomic E-state index is -0.0235. The van der Waals surface area contributed by atoms with Crippen molar-refractivity contribution in [3.8, 4) is 0 Å². The van der Waals surface area contributed by atoms with Crippen LogP contribution >= 0.6 is 11.3 Å². The van der Waals surface area contributed by atoms with Crippen molar-refractivity contribution in [2.75, 3.05) is 18.4 Å². The molecule has 2 rings (SSSR count). The van der Waals surface area contributed by atoms with Crippen LogP contribution in [-0.2, 0) is 4.79 Å². The molecule has 1 saturated heterocycles. The van der Waals surface area contributed by atoms with E-state index in [0.717, 1.165) is 13.1 Å². The molecule has 0 aromatic carbocycles. The highest BCUT2D eigenvalue weighted by Crippen LogP contribution is 2.24. The van der Waals surface area contributed by atoms with Gasteiger partial charge in [-0.25, -0.2) is 4.98 Å². The summed E-state index contributed by atoms with van der Waals surface area (Å²) in [5.74, 6) is 0.880. The molecule has 0 saturated carbocycles. The first-order valence-corrected chi connectivity index (χ1v) is 7.85. The second-order valence-electron chi connectivity index (χ2n) is 5.42. The molecular formula is C14H21N3O2S. The van der Waals surface area contributed by atoms with E-state index in [2.05, 4.69) is 22.5 Å². The van der Waals surface area contributed by atoms with Crippen LogP contribution in [0.15, 0.2) is 6.20 Å². The minimum Gasteiger partial charge on any atom is -0.316 e. The van der Waals surface area contributed by atoms with Gasteiger partial charge in [-0.1, -0.05) is 18.3 Å². The Morgan fingerprint density at radius 2 is 2.40 bits per heavy atom. The van der Waals surface area contributed by atoms with Gasteiger partial charge in [0, 0.05) is 13.3 Å². The van der Waals surface area contributed by atoms with Gasteiger partial charge in [-0.05, 0) is 37.8 Å². The molecule has 1 aromatic rings. The molecule has 1 aliphatic heterocycles. The number of nitrogens with one attached hydrogen (secondary N) is 2. The fourth-order valence-corrected chi connectivity index (χ4v) is 3.22. The van der Waals surface area contributed by atoms with Crippen molar-refractivity contribution < 1.29 is 9.59 Å². The number of hydrogen-bond acceptors (Lipinski definition) is 5. The molecule has 20 heavy (non-hydrogen) atoms. The second kappa shape index (κ2) is 6.95. The quantitative estimate of drug-likeness (QED) is 0.818. The number of rotatable bonds is 5. The fourth-order valence-electron chi connectivity index (χ4n) is 2.49. The van der Waals surface area contributed by atoms with Gasteiger partial charge >= 0.3 is 0 Å². The average Bonchev–Trinajstić information content (AvgIpc) is 2.88. The van der Waals surface area contributed by atoms with Gasteiger partial charge in [0.15, 0.2) is 10.9 Å². The summed E-state index contributed by atoms with van der Waals surface area (Å²) in [6.07, 6.45) is 4.39. The summed E-state index contributed by atoms with van der Waals surface area (Å²) in [7, 11) is 0. The molecule has 2 unspecified atom stereocenters. The molecule has 2 heterocycles. The molecule has 0 spiro atoms. The first-order valence-electron chi connectivity index (χ1n) is 7.03. The molecule has 0 aliphatic carbocycles. The van der Waals surface area contributed by atoms with Crippen LogP contribution in [0.1, 0.15) is 42.8 Å². The van der Waals surface area contributed by atoms with Gasteiger partial charge in [-0.3, -0.25) is 9.59 Å². The minimum absolute atomic E-state index is 0.0208. The zero-order valence-corrected chi connectivity index (χ0v) is 12.8. The molecule has 1 aliphatic rings. The number of anilines is 1. The molecule has 1 amide bonds. The van der Waals surface area contributed by atoms with Crippen LogP contribution in [0.5, 0.6) is 0 Å². The van der Waals surface area contributed by atoms with E-state index in [1.807, 2.05) is 0 Å². The average molecular weight is 295 g/mol. The molecule has 110 valence electrons. The smallest absolute Gasteiger partial charge is 0.226 e. The van der Waals surface area contributed by atoms with Crippen LogP contribution in [0.25, 0.3) is 0 Å². The lowest BCUT2D eigenvalue weighted by Crippen LogP contribution is -2.34. The van der Waals surface area contributed by atoms with E-state index in [9.17, 15) is 9.59 Å². The van der Waals surface area contributed by atoms with Crippen molar-refractivity contribution in [1.29, 1.82) is 0 Å². The zero-order valence-electron chi connectivity index (χ0n) is 11.9. The van der Waals surface area contributed by atoms with Crippen LogP contribution in [0, 0.1) is 11.8 Å². The topological polar surface area (TPSA) is 71.1 Å². The molecular weight excluding hydrogens is 274 g/mol. The van der Waals surface area contributed by atoms with Crippen molar-refractivity contribution in [3.63, 3.8) is 0 Å². The molecule has 1 aromatic heterocycles. The van der Waals surface area contributed by atoms with E-state index in [-0.39, 0.29) is 11.7 Å². The first-order chi connectivity index (χ1) is 9.56. The van der Waals surface area contributed by atoms with Crippen LogP contribution < -0.4 is 10.6 Å². The molecule has 2 N–H and O–H groups in total. The zero-order chi connectivity index (χ0) is 14.5. The van der Waals surface area contributed by atoms with Gasteiger partial charge < -0.3 is 10.6 Å². The third-order valence-corrected chi connectivity index (χ3v) is 4.76. The largest absolute Gasteiger partial charge is 0.316 e. The fraction of sp³-hybridized carbons (Fsp3) is 0.643. The Morgan fingerprint density at radius 1 is 1.60 bits per heavy atom. The summed E-state index contributed by atoms with van der Waals surface area (Å²) in [5.41, 5.74) is 0. The maximum atomic E-state index is 12.0. The molecule has 1 fully saturated rings.